The fourth-order valence-electron chi connectivity index (χ4n) is 2.65. The van der Waals surface area contributed by atoms with Crippen molar-refractivity contribution in [3.05, 3.63) is 35.4 Å². The Bertz CT molecular complexity index is 443. The highest BCUT2D eigenvalue weighted by Gasteiger charge is 2.23. The zero-order valence-corrected chi connectivity index (χ0v) is 13.7. The third-order valence-electron chi connectivity index (χ3n) is 3.99. The first-order valence-electron chi connectivity index (χ1n) is 8.06. The van der Waals surface area contributed by atoms with Gasteiger partial charge in [-0.1, -0.05) is 51.2 Å². The predicted molar refractivity (Wildman–Crippen MR) is 89.2 cm³/mol. The van der Waals surface area contributed by atoms with Gasteiger partial charge in [0, 0.05) is 5.75 Å². The minimum Gasteiger partial charge on any atom is -0.362 e. The van der Waals surface area contributed by atoms with Crippen LogP contribution in [0.1, 0.15) is 62.0 Å². The Balaban J connectivity index is 1.69. The number of rotatable bonds is 7. The highest BCUT2D eigenvalue weighted by molar-refractivity contribution is 7.99. The average Bonchev–Trinajstić information content (AvgIpc) is 2.55. The van der Waals surface area contributed by atoms with Crippen molar-refractivity contribution in [2.75, 3.05) is 12.4 Å². The van der Waals surface area contributed by atoms with E-state index in [4.69, 9.17) is 10.00 Å². The van der Waals surface area contributed by atoms with Crippen molar-refractivity contribution in [2.45, 2.75) is 50.9 Å². The van der Waals surface area contributed by atoms with Crippen molar-refractivity contribution >= 4 is 11.8 Å². The minimum atomic E-state index is 0.147. The van der Waals surface area contributed by atoms with Gasteiger partial charge in [0.1, 0.15) is 5.44 Å². The summed E-state index contributed by atoms with van der Waals surface area (Å²) in [6.07, 6.45) is 8.08. The second-order valence-electron chi connectivity index (χ2n) is 5.80. The van der Waals surface area contributed by atoms with Crippen LogP contribution >= 0.6 is 11.8 Å². The number of hydrogen-bond donors (Lipinski definition) is 0. The summed E-state index contributed by atoms with van der Waals surface area (Å²) in [6.45, 7) is 3.14. The van der Waals surface area contributed by atoms with E-state index in [0.29, 0.717) is 11.5 Å². The largest absolute Gasteiger partial charge is 0.362 e. The highest BCUT2D eigenvalue weighted by Crippen LogP contribution is 2.37. The molecule has 1 aromatic rings. The fraction of sp³-hybridized carbons (Fsp3) is 0.611. The number of benzene rings is 1. The van der Waals surface area contributed by atoms with Gasteiger partial charge in [0.05, 0.1) is 18.2 Å². The molecule has 2 atom stereocenters. The van der Waals surface area contributed by atoms with Gasteiger partial charge in [0.15, 0.2) is 0 Å². The molecule has 1 fully saturated rings. The third kappa shape index (κ3) is 5.37. The molecule has 1 saturated heterocycles. The van der Waals surface area contributed by atoms with E-state index in [-0.39, 0.29) is 5.44 Å². The Morgan fingerprint density at radius 1 is 1.19 bits per heavy atom. The number of hydrogen-bond acceptors (Lipinski definition) is 3. The topological polar surface area (TPSA) is 33.0 Å². The van der Waals surface area contributed by atoms with Gasteiger partial charge < -0.3 is 4.74 Å². The van der Waals surface area contributed by atoms with Crippen molar-refractivity contribution < 1.29 is 4.74 Å². The Morgan fingerprint density at radius 2 is 1.95 bits per heavy atom. The van der Waals surface area contributed by atoms with Crippen LogP contribution in [0.15, 0.2) is 24.3 Å². The molecule has 1 aliphatic heterocycles. The maximum absolute atomic E-state index is 8.82. The molecule has 21 heavy (non-hydrogen) atoms. The molecule has 0 aliphatic carbocycles. The Labute approximate surface area is 132 Å². The van der Waals surface area contributed by atoms with Gasteiger partial charge in [-0.3, -0.25) is 0 Å². The number of ether oxygens (including phenoxy) is 1. The summed E-state index contributed by atoms with van der Waals surface area (Å²) in [7, 11) is 0. The Hall–Kier alpha value is -0.980. The predicted octanol–water partition coefficient (Wildman–Crippen LogP) is 5.30. The Kier molecular flexibility index (Phi) is 7.12. The molecule has 114 valence electrons. The quantitative estimate of drug-likeness (QED) is 0.641. The molecule has 1 aromatic carbocycles. The third-order valence-corrected chi connectivity index (χ3v) is 5.37. The first-order valence-corrected chi connectivity index (χ1v) is 9.11. The molecule has 0 N–H and O–H groups in total. The molecule has 0 radical (unpaired) electrons. The maximum Gasteiger partial charge on any atom is 0.128 e. The van der Waals surface area contributed by atoms with Crippen LogP contribution in [0.5, 0.6) is 0 Å². The zero-order chi connectivity index (χ0) is 14.9. The van der Waals surface area contributed by atoms with E-state index in [0.717, 1.165) is 6.61 Å². The van der Waals surface area contributed by atoms with Crippen molar-refractivity contribution in [1.29, 1.82) is 5.26 Å². The molecule has 2 nitrogen and oxygen atoms in total. The van der Waals surface area contributed by atoms with Gasteiger partial charge in [0.25, 0.3) is 0 Å². The van der Waals surface area contributed by atoms with Crippen LogP contribution in [0.4, 0.5) is 0 Å². The second-order valence-corrected chi connectivity index (χ2v) is 6.90. The molecule has 2 unspecified atom stereocenters. The summed E-state index contributed by atoms with van der Waals surface area (Å²) >= 11 is 1.90. The molecular weight excluding hydrogens is 278 g/mol. The first kappa shape index (κ1) is 16.4. The van der Waals surface area contributed by atoms with Gasteiger partial charge in [0.2, 0.25) is 0 Å². The second kappa shape index (κ2) is 9.12. The lowest BCUT2D eigenvalue weighted by Gasteiger charge is -2.29. The molecule has 1 aliphatic rings. The number of thioether (sulfide) groups is 1. The van der Waals surface area contributed by atoms with Crippen LogP contribution in [0.2, 0.25) is 0 Å². The molecule has 0 bridgehead atoms. The van der Waals surface area contributed by atoms with E-state index < -0.39 is 0 Å². The van der Waals surface area contributed by atoms with Gasteiger partial charge in [-0.25, -0.2) is 0 Å². The van der Waals surface area contributed by atoms with Crippen molar-refractivity contribution in [1.82, 2.24) is 0 Å². The van der Waals surface area contributed by atoms with Crippen molar-refractivity contribution in [3.8, 4) is 6.07 Å². The summed E-state index contributed by atoms with van der Waals surface area (Å²) in [4.78, 5) is 0. The molecule has 1 heterocycles. The van der Waals surface area contributed by atoms with Crippen molar-refractivity contribution in [3.63, 3.8) is 0 Å². The summed E-state index contributed by atoms with van der Waals surface area (Å²) in [5.74, 6) is 1.91. The minimum absolute atomic E-state index is 0.147. The van der Waals surface area contributed by atoms with E-state index in [1.165, 1.54) is 49.8 Å². The monoisotopic (exact) mass is 303 g/mol. The average molecular weight is 303 g/mol. The van der Waals surface area contributed by atoms with Crippen LogP contribution < -0.4 is 0 Å². The zero-order valence-electron chi connectivity index (χ0n) is 12.9. The van der Waals surface area contributed by atoms with E-state index in [1.807, 2.05) is 36.0 Å². The van der Waals surface area contributed by atoms with Crippen LogP contribution in [-0.2, 0) is 4.74 Å². The number of nitriles is 1. The van der Waals surface area contributed by atoms with E-state index in [1.54, 1.807) is 0 Å². The van der Waals surface area contributed by atoms with E-state index in [2.05, 4.69) is 13.0 Å². The normalized spacial score (nSPS) is 21.9. The van der Waals surface area contributed by atoms with Gasteiger partial charge in [-0.15, -0.1) is 11.8 Å². The number of nitrogens with zero attached hydrogens (tertiary/aromatic N) is 1. The lowest BCUT2D eigenvalue weighted by molar-refractivity contribution is 0.0730. The van der Waals surface area contributed by atoms with Gasteiger partial charge >= 0.3 is 0 Å². The Morgan fingerprint density at radius 3 is 2.57 bits per heavy atom. The van der Waals surface area contributed by atoms with Crippen LogP contribution in [-0.4, -0.2) is 12.4 Å². The summed E-state index contributed by atoms with van der Waals surface area (Å²) in [5, 5.41) is 8.82. The molecule has 0 aromatic heterocycles. The van der Waals surface area contributed by atoms with Crippen molar-refractivity contribution in [2.24, 2.45) is 5.92 Å². The SMILES string of the molecule is CCCCCCCC1COC(c2ccc(C#N)cc2)SC1. The standard InChI is InChI=1S/C18H25NOS/c1-2-3-4-5-6-7-16-13-20-18(21-14-16)17-10-8-15(12-19)9-11-17/h8-11,16,18H,2-7,13-14H2,1H3. The summed E-state index contributed by atoms with van der Waals surface area (Å²) in [6, 6.07) is 9.93. The summed E-state index contributed by atoms with van der Waals surface area (Å²) < 4.78 is 6.01. The molecule has 2 rings (SSSR count). The number of unbranched alkanes of at least 4 members (excludes halogenated alkanes) is 4. The van der Waals surface area contributed by atoms with E-state index in [9.17, 15) is 0 Å². The molecule has 0 saturated carbocycles. The first-order chi connectivity index (χ1) is 10.3. The highest BCUT2D eigenvalue weighted by atomic mass is 32.2. The fourth-order valence-corrected chi connectivity index (χ4v) is 3.89. The lowest BCUT2D eigenvalue weighted by Crippen LogP contribution is -2.20. The van der Waals surface area contributed by atoms with Crippen LogP contribution in [0, 0.1) is 17.2 Å². The molecule has 0 spiro atoms. The molecule has 3 heteroatoms. The summed E-state index contributed by atoms with van der Waals surface area (Å²) in [5.41, 5.74) is 2.04. The van der Waals surface area contributed by atoms with Crippen LogP contribution in [0.3, 0.4) is 0 Å². The van der Waals surface area contributed by atoms with Crippen LogP contribution in [0.25, 0.3) is 0 Å². The smallest absolute Gasteiger partial charge is 0.128 e. The van der Waals surface area contributed by atoms with Gasteiger partial charge in [-0.2, -0.15) is 5.26 Å². The molecular formula is C18H25NOS. The lowest BCUT2D eigenvalue weighted by atomic mass is 10.0. The maximum atomic E-state index is 8.82. The van der Waals surface area contributed by atoms with Gasteiger partial charge in [-0.05, 0) is 30.0 Å². The molecule has 0 amide bonds. The van der Waals surface area contributed by atoms with E-state index >= 15 is 0 Å².